The number of furan rings is 1. The predicted molar refractivity (Wildman–Crippen MR) is 87.0 cm³/mol. The lowest BCUT2D eigenvalue weighted by molar-refractivity contribution is 0.155. The normalized spacial score (nSPS) is 23.0. The first-order valence-electron chi connectivity index (χ1n) is 8.08. The molecule has 0 amide bonds. The zero-order valence-corrected chi connectivity index (χ0v) is 13.1. The van der Waals surface area contributed by atoms with Gasteiger partial charge < -0.3 is 10.2 Å². The smallest absolute Gasteiger partial charge is 0.134 e. The summed E-state index contributed by atoms with van der Waals surface area (Å²) in [5, 5.41) is 1.17. The molecule has 0 unspecified atom stereocenters. The molecule has 21 heavy (non-hydrogen) atoms. The van der Waals surface area contributed by atoms with E-state index >= 15 is 0 Å². The highest BCUT2D eigenvalue weighted by atomic mass is 16.3. The highest BCUT2D eigenvalue weighted by molar-refractivity contribution is 5.82. The van der Waals surface area contributed by atoms with E-state index in [0.29, 0.717) is 12.6 Å². The Hall–Kier alpha value is -1.32. The highest BCUT2D eigenvalue weighted by Crippen LogP contribution is 2.30. The second-order valence-corrected chi connectivity index (χ2v) is 6.53. The van der Waals surface area contributed by atoms with Gasteiger partial charge in [0.2, 0.25) is 0 Å². The minimum absolute atomic E-state index is 0.544. The van der Waals surface area contributed by atoms with Crippen LogP contribution in [0.25, 0.3) is 11.0 Å². The van der Waals surface area contributed by atoms with E-state index in [2.05, 4.69) is 24.9 Å². The van der Waals surface area contributed by atoms with Gasteiger partial charge in [-0.2, -0.15) is 0 Å². The molecule has 1 heterocycles. The number of fused-ring (bicyclic) bond motifs is 1. The first-order valence-corrected chi connectivity index (χ1v) is 8.08. The van der Waals surface area contributed by atoms with Gasteiger partial charge in [-0.1, -0.05) is 25.1 Å². The molecule has 2 N–H and O–H groups in total. The number of nitrogens with zero attached hydrogens (tertiary/aromatic N) is 1. The third kappa shape index (κ3) is 2.99. The van der Waals surface area contributed by atoms with E-state index in [1.165, 1.54) is 36.6 Å². The topological polar surface area (TPSA) is 42.4 Å². The molecule has 1 aliphatic carbocycles. The van der Waals surface area contributed by atoms with Crippen molar-refractivity contribution < 1.29 is 4.42 Å². The lowest BCUT2D eigenvalue weighted by Gasteiger charge is -2.33. The number of hydrogen-bond acceptors (Lipinski definition) is 3. The van der Waals surface area contributed by atoms with E-state index in [1.807, 2.05) is 18.2 Å². The van der Waals surface area contributed by atoms with Gasteiger partial charge in [-0.15, -0.1) is 0 Å². The molecule has 1 saturated carbocycles. The lowest BCUT2D eigenvalue weighted by atomic mass is 9.87. The second-order valence-electron chi connectivity index (χ2n) is 6.53. The van der Waals surface area contributed by atoms with Crippen molar-refractivity contribution in [1.82, 2.24) is 4.90 Å². The second kappa shape index (κ2) is 6.20. The maximum Gasteiger partial charge on any atom is 0.134 e. The number of nitrogens with two attached hydrogens (primary N) is 1. The third-order valence-electron chi connectivity index (χ3n) is 4.99. The van der Waals surface area contributed by atoms with Crippen molar-refractivity contribution in [2.75, 3.05) is 7.05 Å². The van der Waals surface area contributed by atoms with Crippen molar-refractivity contribution in [2.45, 2.75) is 51.7 Å². The standard InChI is InChI=1S/C18H26N2O/c1-13-7-9-14(10-8-13)20(2)12-18-16(11-19)15-5-3-4-6-17(15)21-18/h3-6,13-14H,7-12,19H2,1-2H3. The summed E-state index contributed by atoms with van der Waals surface area (Å²) in [6, 6.07) is 8.88. The molecule has 0 bridgehead atoms. The molecule has 0 saturated heterocycles. The van der Waals surface area contributed by atoms with Crippen LogP contribution in [0.15, 0.2) is 28.7 Å². The van der Waals surface area contributed by atoms with Gasteiger partial charge in [-0.3, -0.25) is 4.90 Å². The fraction of sp³-hybridized carbons (Fsp3) is 0.556. The van der Waals surface area contributed by atoms with Crippen LogP contribution in [0.5, 0.6) is 0 Å². The van der Waals surface area contributed by atoms with Gasteiger partial charge in [0.05, 0.1) is 6.54 Å². The molecule has 3 heteroatoms. The van der Waals surface area contributed by atoms with E-state index < -0.39 is 0 Å². The van der Waals surface area contributed by atoms with Gasteiger partial charge in [-0.05, 0) is 44.7 Å². The summed E-state index contributed by atoms with van der Waals surface area (Å²) in [5.74, 6) is 1.93. The van der Waals surface area contributed by atoms with Crippen LogP contribution in [0.2, 0.25) is 0 Å². The zero-order chi connectivity index (χ0) is 14.8. The summed E-state index contributed by atoms with van der Waals surface area (Å²) < 4.78 is 6.05. The maximum atomic E-state index is 6.05. The molecule has 0 spiro atoms. The SMILES string of the molecule is CC1CCC(N(C)Cc2oc3ccccc3c2CN)CC1. The van der Waals surface area contributed by atoms with E-state index in [1.54, 1.807) is 0 Å². The van der Waals surface area contributed by atoms with Crippen molar-refractivity contribution in [1.29, 1.82) is 0 Å². The Morgan fingerprint density at radius 2 is 1.90 bits per heavy atom. The molecule has 0 aliphatic heterocycles. The summed E-state index contributed by atoms with van der Waals surface area (Å²) in [7, 11) is 2.22. The van der Waals surface area contributed by atoms with Crippen molar-refractivity contribution in [3.05, 3.63) is 35.6 Å². The lowest BCUT2D eigenvalue weighted by Crippen LogP contribution is -2.34. The van der Waals surface area contributed by atoms with E-state index in [-0.39, 0.29) is 0 Å². The summed E-state index contributed by atoms with van der Waals surface area (Å²) in [6.45, 7) is 3.77. The summed E-state index contributed by atoms with van der Waals surface area (Å²) >= 11 is 0. The fourth-order valence-electron chi connectivity index (χ4n) is 3.54. The molecule has 0 radical (unpaired) electrons. The van der Waals surface area contributed by atoms with Gasteiger partial charge in [0.25, 0.3) is 0 Å². The Bertz CT molecular complexity index is 596. The van der Waals surface area contributed by atoms with Gasteiger partial charge in [-0.25, -0.2) is 0 Å². The minimum atomic E-state index is 0.544. The molecule has 1 fully saturated rings. The Balaban J connectivity index is 1.78. The monoisotopic (exact) mass is 286 g/mol. The Labute approximate surface area is 127 Å². The van der Waals surface area contributed by atoms with Crippen molar-refractivity contribution >= 4 is 11.0 Å². The van der Waals surface area contributed by atoms with E-state index in [4.69, 9.17) is 10.2 Å². The van der Waals surface area contributed by atoms with Crippen molar-refractivity contribution in [3.8, 4) is 0 Å². The molecule has 1 aromatic heterocycles. The van der Waals surface area contributed by atoms with Crippen LogP contribution in [0.4, 0.5) is 0 Å². The first-order chi connectivity index (χ1) is 10.2. The maximum absolute atomic E-state index is 6.05. The van der Waals surface area contributed by atoms with Crippen LogP contribution in [0.1, 0.15) is 43.9 Å². The number of benzene rings is 1. The van der Waals surface area contributed by atoms with Crippen LogP contribution in [0, 0.1) is 5.92 Å². The van der Waals surface area contributed by atoms with Crippen LogP contribution >= 0.6 is 0 Å². The summed E-state index contributed by atoms with van der Waals surface area (Å²) in [5.41, 5.74) is 8.08. The van der Waals surface area contributed by atoms with Gasteiger partial charge in [0.1, 0.15) is 11.3 Å². The molecular weight excluding hydrogens is 260 g/mol. The summed E-state index contributed by atoms with van der Waals surface area (Å²) in [6.07, 6.45) is 5.30. The largest absolute Gasteiger partial charge is 0.459 e. The average molecular weight is 286 g/mol. The van der Waals surface area contributed by atoms with E-state index in [0.717, 1.165) is 23.8 Å². The third-order valence-corrected chi connectivity index (χ3v) is 4.99. The average Bonchev–Trinajstić information content (AvgIpc) is 2.84. The van der Waals surface area contributed by atoms with Gasteiger partial charge in [0, 0.05) is 23.5 Å². The molecule has 3 nitrogen and oxygen atoms in total. The molecule has 114 valence electrons. The van der Waals surface area contributed by atoms with Crippen LogP contribution < -0.4 is 5.73 Å². The van der Waals surface area contributed by atoms with Crippen LogP contribution in [0.3, 0.4) is 0 Å². The molecule has 1 aromatic carbocycles. The predicted octanol–water partition coefficient (Wildman–Crippen LogP) is 3.90. The molecule has 2 aromatic rings. The highest BCUT2D eigenvalue weighted by Gasteiger charge is 2.23. The zero-order valence-electron chi connectivity index (χ0n) is 13.1. The molecule has 1 aliphatic rings. The molecule has 0 atom stereocenters. The Morgan fingerprint density at radius 3 is 2.62 bits per heavy atom. The van der Waals surface area contributed by atoms with E-state index in [9.17, 15) is 0 Å². The first kappa shape index (κ1) is 14.6. The van der Waals surface area contributed by atoms with Crippen molar-refractivity contribution in [2.24, 2.45) is 11.7 Å². The van der Waals surface area contributed by atoms with Crippen LogP contribution in [-0.4, -0.2) is 18.0 Å². The molecule has 3 rings (SSSR count). The van der Waals surface area contributed by atoms with Gasteiger partial charge >= 0.3 is 0 Å². The van der Waals surface area contributed by atoms with Crippen molar-refractivity contribution in [3.63, 3.8) is 0 Å². The Morgan fingerprint density at radius 1 is 1.19 bits per heavy atom. The number of para-hydroxylation sites is 1. The fourth-order valence-corrected chi connectivity index (χ4v) is 3.54. The quantitative estimate of drug-likeness (QED) is 0.927. The number of rotatable bonds is 4. The summed E-state index contributed by atoms with van der Waals surface area (Å²) in [4.78, 5) is 2.45. The van der Waals surface area contributed by atoms with Gasteiger partial charge in [0.15, 0.2) is 0 Å². The Kier molecular flexibility index (Phi) is 4.32. The molecular formula is C18H26N2O. The minimum Gasteiger partial charge on any atom is -0.459 e. The van der Waals surface area contributed by atoms with Crippen LogP contribution in [-0.2, 0) is 13.1 Å². The number of hydrogen-bond donors (Lipinski definition) is 1.